The molecule has 0 saturated heterocycles. The summed E-state index contributed by atoms with van der Waals surface area (Å²) < 4.78 is 19.3. The molecular weight excluding hydrogens is 259 g/mol. The SMILES string of the molecule is CC1CCC(Oc2cc(F)cc(/C=C/C(=O)O)c2)CC1. The fourth-order valence-corrected chi connectivity index (χ4v) is 2.46. The molecule has 1 aliphatic rings. The summed E-state index contributed by atoms with van der Waals surface area (Å²) in [5.74, 6) is -0.277. The highest BCUT2D eigenvalue weighted by molar-refractivity contribution is 5.85. The van der Waals surface area contributed by atoms with Gasteiger partial charge in [-0.3, -0.25) is 0 Å². The highest BCUT2D eigenvalue weighted by Crippen LogP contribution is 2.28. The largest absolute Gasteiger partial charge is 0.490 e. The minimum Gasteiger partial charge on any atom is -0.490 e. The highest BCUT2D eigenvalue weighted by atomic mass is 19.1. The molecule has 0 atom stereocenters. The summed E-state index contributed by atoms with van der Waals surface area (Å²) >= 11 is 0. The second kappa shape index (κ2) is 6.55. The predicted molar refractivity (Wildman–Crippen MR) is 75.1 cm³/mol. The Balaban J connectivity index is 2.06. The maximum atomic E-state index is 13.5. The molecule has 108 valence electrons. The number of hydrogen-bond donors (Lipinski definition) is 1. The molecule has 1 N–H and O–H groups in total. The average molecular weight is 278 g/mol. The van der Waals surface area contributed by atoms with Gasteiger partial charge in [-0.2, -0.15) is 0 Å². The Labute approximate surface area is 118 Å². The zero-order valence-corrected chi connectivity index (χ0v) is 11.5. The first kappa shape index (κ1) is 14.6. The van der Waals surface area contributed by atoms with E-state index in [0.717, 1.165) is 37.7 Å². The van der Waals surface area contributed by atoms with Gasteiger partial charge in [0, 0.05) is 12.1 Å². The lowest BCUT2D eigenvalue weighted by Gasteiger charge is -2.27. The number of ether oxygens (including phenoxy) is 1. The van der Waals surface area contributed by atoms with Crippen LogP contribution >= 0.6 is 0 Å². The molecule has 0 radical (unpaired) electrons. The number of hydrogen-bond acceptors (Lipinski definition) is 2. The summed E-state index contributed by atoms with van der Waals surface area (Å²) in [7, 11) is 0. The van der Waals surface area contributed by atoms with Crippen molar-refractivity contribution < 1.29 is 19.0 Å². The van der Waals surface area contributed by atoms with Crippen molar-refractivity contribution in [3.63, 3.8) is 0 Å². The smallest absolute Gasteiger partial charge is 0.328 e. The van der Waals surface area contributed by atoms with Crippen LogP contribution in [0.4, 0.5) is 4.39 Å². The fraction of sp³-hybridized carbons (Fsp3) is 0.438. The van der Waals surface area contributed by atoms with Gasteiger partial charge < -0.3 is 9.84 Å². The maximum Gasteiger partial charge on any atom is 0.328 e. The third-order valence-electron chi connectivity index (χ3n) is 3.58. The zero-order valence-electron chi connectivity index (χ0n) is 11.5. The quantitative estimate of drug-likeness (QED) is 0.850. The molecule has 0 unspecified atom stereocenters. The van der Waals surface area contributed by atoms with E-state index < -0.39 is 11.8 Å². The van der Waals surface area contributed by atoms with Crippen molar-refractivity contribution in [2.45, 2.75) is 38.7 Å². The lowest BCUT2D eigenvalue weighted by molar-refractivity contribution is -0.131. The van der Waals surface area contributed by atoms with E-state index in [1.807, 2.05) is 0 Å². The molecule has 0 heterocycles. The molecule has 20 heavy (non-hydrogen) atoms. The van der Waals surface area contributed by atoms with Crippen molar-refractivity contribution in [2.24, 2.45) is 5.92 Å². The van der Waals surface area contributed by atoms with Crippen molar-refractivity contribution in [3.05, 3.63) is 35.7 Å². The summed E-state index contributed by atoms with van der Waals surface area (Å²) in [6.45, 7) is 2.23. The van der Waals surface area contributed by atoms with E-state index in [0.29, 0.717) is 11.3 Å². The van der Waals surface area contributed by atoms with Crippen LogP contribution in [0, 0.1) is 11.7 Å². The van der Waals surface area contributed by atoms with Gasteiger partial charge in [0.05, 0.1) is 6.10 Å². The normalized spacial score (nSPS) is 22.9. The van der Waals surface area contributed by atoms with E-state index in [-0.39, 0.29) is 6.10 Å². The summed E-state index contributed by atoms with van der Waals surface area (Å²) in [4.78, 5) is 10.5. The highest BCUT2D eigenvalue weighted by Gasteiger charge is 2.19. The number of carbonyl (C=O) groups is 1. The molecule has 1 saturated carbocycles. The van der Waals surface area contributed by atoms with Crippen LogP contribution < -0.4 is 4.74 Å². The Morgan fingerprint density at radius 1 is 1.30 bits per heavy atom. The van der Waals surface area contributed by atoms with Crippen LogP contribution in [0.15, 0.2) is 24.3 Å². The molecule has 1 fully saturated rings. The van der Waals surface area contributed by atoms with Gasteiger partial charge in [-0.05, 0) is 55.4 Å². The second-order valence-corrected chi connectivity index (χ2v) is 5.39. The number of rotatable bonds is 4. The minimum atomic E-state index is -1.06. The van der Waals surface area contributed by atoms with Crippen LogP contribution in [0.2, 0.25) is 0 Å². The zero-order chi connectivity index (χ0) is 14.5. The molecule has 1 aromatic carbocycles. The van der Waals surface area contributed by atoms with Crippen molar-refractivity contribution in [1.29, 1.82) is 0 Å². The Kier molecular flexibility index (Phi) is 4.77. The molecule has 0 amide bonds. The maximum absolute atomic E-state index is 13.5. The number of halogens is 1. The summed E-state index contributed by atoms with van der Waals surface area (Å²) in [6, 6.07) is 4.30. The van der Waals surface area contributed by atoms with Crippen LogP contribution in [0.3, 0.4) is 0 Å². The van der Waals surface area contributed by atoms with E-state index in [2.05, 4.69) is 6.92 Å². The van der Waals surface area contributed by atoms with Crippen LogP contribution in [-0.2, 0) is 4.79 Å². The molecule has 1 aliphatic carbocycles. The van der Waals surface area contributed by atoms with E-state index in [4.69, 9.17) is 9.84 Å². The number of aliphatic carboxylic acids is 1. The first-order chi connectivity index (χ1) is 9.52. The lowest BCUT2D eigenvalue weighted by Crippen LogP contribution is -2.23. The van der Waals surface area contributed by atoms with Crippen molar-refractivity contribution in [3.8, 4) is 5.75 Å². The van der Waals surface area contributed by atoms with Gasteiger partial charge in [0.2, 0.25) is 0 Å². The average Bonchev–Trinajstić information content (AvgIpc) is 2.38. The van der Waals surface area contributed by atoms with Crippen molar-refractivity contribution in [1.82, 2.24) is 0 Å². The molecule has 0 aliphatic heterocycles. The summed E-state index contributed by atoms with van der Waals surface area (Å²) in [6.07, 6.45) is 6.71. The first-order valence-electron chi connectivity index (χ1n) is 6.91. The monoisotopic (exact) mass is 278 g/mol. The molecule has 1 aromatic rings. The van der Waals surface area contributed by atoms with Crippen LogP contribution in [-0.4, -0.2) is 17.2 Å². The minimum absolute atomic E-state index is 0.129. The molecule has 2 rings (SSSR count). The van der Waals surface area contributed by atoms with Gasteiger partial charge in [0.25, 0.3) is 0 Å². The van der Waals surface area contributed by atoms with Crippen molar-refractivity contribution in [2.75, 3.05) is 0 Å². The van der Waals surface area contributed by atoms with Crippen LogP contribution in [0.5, 0.6) is 5.75 Å². The Bertz CT molecular complexity index is 502. The molecule has 0 bridgehead atoms. The van der Waals surface area contributed by atoms with Crippen LogP contribution in [0.1, 0.15) is 38.2 Å². The Hall–Kier alpha value is -1.84. The lowest BCUT2D eigenvalue weighted by atomic mass is 9.89. The topological polar surface area (TPSA) is 46.5 Å². The number of carboxylic acids is 1. The van der Waals surface area contributed by atoms with E-state index >= 15 is 0 Å². The van der Waals surface area contributed by atoms with Gasteiger partial charge in [0.15, 0.2) is 0 Å². The van der Waals surface area contributed by atoms with Gasteiger partial charge in [0.1, 0.15) is 11.6 Å². The van der Waals surface area contributed by atoms with E-state index in [9.17, 15) is 9.18 Å². The molecule has 3 nitrogen and oxygen atoms in total. The first-order valence-corrected chi connectivity index (χ1v) is 6.91. The standard InChI is InChI=1S/C16H19FO3/c1-11-2-5-14(6-3-11)20-15-9-12(4-7-16(18)19)8-13(17)10-15/h4,7-11,14H,2-3,5-6H2,1H3,(H,18,19)/b7-4+. The molecular formula is C16H19FO3. The van der Waals surface area contributed by atoms with Crippen molar-refractivity contribution >= 4 is 12.0 Å². The molecule has 0 spiro atoms. The number of benzene rings is 1. The fourth-order valence-electron chi connectivity index (χ4n) is 2.46. The second-order valence-electron chi connectivity index (χ2n) is 5.39. The van der Waals surface area contributed by atoms with Gasteiger partial charge in [-0.15, -0.1) is 0 Å². The molecule has 4 heteroatoms. The summed E-state index contributed by atoms with van der Waals surface area (Å²) in [5, 5.41) is 8.59. The number of carboxylic acid groups (broad SMARTS) is 1. The predicted octanol–water partition coefficient (Wildman–Crippen LogP) is 3.88. The van der Waals surface area contributed by atoms with Gasteiger partial charge in [-0.25, -0.2) is 9.18 Å². The van der Waals surface area contributed by atoms with E-state index in [1.165, 1.54) is 18.2 Å². The third-order valence-corrected chi connectivity index (χ3v) is 3.58. The summed E-state index contributed by atoms with van der Waals surface area (Å²) in [5.41, 5.74) is 0.492. The van der Waals surface area contributed by atoms with Gasteiger partial charge >= 0.3 is 5.97 Å². The van der Waals surface area contributed by atoms with Gasteiger partial charge in [-0.1, -0.05) is 6.92 Å². The third kappa shape index (κ3) is 4.37. The Morgan fingerprint density at radius 3 is 2.65 bits per heavy atom. The van der Waals surface area contributed by atoms with Crippen LogP contribution in [0.25, 0.3) is 6.08 Å². The Morgan fingerprint density at radius 2 is 2.00 bits per heavy atom. The molecule has 0 aromatic heterocycles. The van der Waals surface area contributed by atoms with E-state index in [1.54, 1.807) is 6.07 Å².